The predicted octanol–water partition coefficient (Wildman–Crippen LogP) is 1.85. The number of anilines is 1. The minimum absolute atomic E-state index is 0.000694. The average molecular weight is 254 g/mol. The quantitative estimate of drug-likeness (QED) is 0.625. The summed E-state index contributed by atoms with van der Waals surface area (Å²) >= 11 is 6.11. The molecule has 0 aliphatic carbocycles. The SMILES string of the molecule is N=C(N)c1ccc(N2CCCOCC2)cc1Cl. The Morgan fingerprint density at radius 1 is 1.35 bits per heavy atom. The number of rotatable bonds is 2. The number of ether oxygens (including phenoxy) is 1. The summed E-state index contributed by atoms with van der Waals surface area (Å²) in [6.45, 7) is 3.40. The third-order valence-corrected chi connectivity index (χ3v) is 3.14. The number of nitrogens with one attached hydrogen (secondary N) is 1. The van der Waals surface area contributed by atoms with Gasteiger partial charge in [-0.15, -0.1) is 0 Å². The van der Waals surface area contributed by atoms with Gasteiger partial charge >= 0.3 is 0 Å². The van der Waals surface area contributed by atoms with Gasteiger partial charge < -0.3 is 15.4 Å². The van der Waals surface area contributed by atoms with Gasteiger partial charge in [-0.05, 0) is 24.6 Å². The monoisotopic (exact) mass is 253 g/mol. The summed E-state index contributed by atoms with van der Waals surface area (Å²) in [4.78, 5) is 2.24. The normalized spacial score (nSPS) is 16.6. The molecule has 5 heteroatoms. The summed E-state index contributed by atoms with van der Waals surface area (Å²) in [7, 11) is 0. The Labute approximate surface area is 106 Å². The summed E-state index contributed by atoms with van der Waals surface area (Å²) in [6, 6.07) is 5.61. The van der Waals surface area contributed by atoms with Crippen molar-refractivity contribution in [2.75, 3.05) is 31.2 Å². The largest absolute Gasteiger partial charge is 0.384 e. The van der Waals surface area contributed by atoms with Gasteiger partial charge in [0.25, 0.3) is 0 Å². The van der Waals surface area contributed by atoms with Crippen LogP contribution in [0.2, 0.25) is 5.02 Å². The molecule has 0 amide bonds. The fourth-order valence-corrected chi connectivity index (χ4v) is 2.20. The lowest BCUT2D eigenvalue weighted by atomic mass is 10.1. The van der Waals surface area contributed by atoms with Crippen LogP contribution >= 0.6 is 11.6 Å². The van der Waals surface area contributed by atoms with Gasteiger partial charge in [0.15, 0.2) is 0 Å². The number of halogens is 1. The molecule has 0 bridgehead atoms. The molecule has 1 aromatic carbocycles. The zero-order valence-electron chi connectivity index (χ0n) is 9.58. The molecule has 0 aromatic heterocycles. The molecule has 0 spiro atoms. The minimum atomic E-state index is 0.000694. The van der Waals surface area contributed by atoms with Crippen LogP contribution in [0.4, 0.5) is 5.69 Å². The highest BCUT2D eigenvalue weighted by atomic mass is 35.5. The first-order valence-electron chi connectivity index (χ1n) is 5.65. The molecule has 1 saturated heterocycles. The number of nitrogens with zero attached hydrogens (tertiary/aromatic N) is 1. The average Bonchev–Trinajstić information content (AvgIpc) is 2.56. The molecular formula is C12H16ClN3O. The Kier molecular flexibility index (Phi) is 3.86. The fourth-order valence-electron chi connectivity index (χ4n) is 1.92. The highest BCUT2D eigenvalue weighted by molar-refractivity contribution is 6.34. The van der Waals surface area contributed by atoms with E-state index in [1.807, 2.05) is 12.1 Å². The lowest BCUT2D eigenvalue weighted by Gasteiger charge is -2.22. The minimum Gasteiger partial charge on any atom is -0.384 e. The highest BCUT2D eigenvalue weighted by Gasteiger charge is 2.12. The van der Waals surface area contributed by atoms with E-state index < -0.39 is 0 Å². The van der Waals surface area contributed by atoms with Crippen molar-refractivity contribution in [1.29, 1.82) is 5.41 Å². The Morgan fingerprint density at radius 3 is 2.88 bits per heavy atom. The molecule has 17 heavy (non-hydrogen) atoms. The lowest BCUT2D eigenvalue weighted by molar-refractivity contribution is 0.152. The van der Waals surface area contributed by atoms with Gasteiger partial charge in [-0.3, -0.25) is 5.41 Å². The van der Waals surface area contributed by atoms with Crippen LogP contribution in [0.25, 0.3) is 0 Å². The van der Waals surface area contributed by atoms with Crippen LogP contribution in [0.1, 0.15) is 12.0 Å². The van der Waals surface area contributed by atoms with E-state index in [9.17, 15) is 0 Å². The molecule has 3 N–H and O–H groups in total. The van der Waals surface area contributed by atoms with Crippen LogP contribution in [-0.4, -0.2) is 32.1 Å². The van der Waals surface area contributed by atoms with Gasteiger partial charge in [-0.25, -0.2) is 0 Å². The Morgan fingerprint density at radius 2 is 2.18 bits per heavy atom. The molecule has 1 heterocycles. The van der Waals surface area contributed by atoms with Crippen molar-refractivity contribution in [3.63, 3.8) is 0 Å². The van der Waals surface area contributed by atoms with Crippen LogP contribution in [0, 0.1) is 5.41 Å². The van der Waals surface area contributed by atoms with Gasteiger partial charge in [0.05, 0.1) is 11.6 Å². The summed E-state index contributed by atoms with van der Waals surface area (Å²) in [6.07, 6.45) is 1.02. The van der Waals surface area contributed by atoms with Crippen LogP contribution in [0.3, 0.4) is 0 Å². The molecule has 4 nitrogen and oxygen atoms in total. The molecule has 0 radical (unpaired) electrons. The van der Waals surface area contributed by atoms with Crippen molar-refractivity contribution in [1.82, 2.24) is 0 Å². The van der Waals surface area contributed by atoms with E-state index in [4.69, 9.17) is 27.5 Å². The molecular weight excluding hydrogens is 238 g/mol. The van der Waals surface area contributed by atoms with E-state index in [0.29, 0.717) is 10.6 Å². The molecule has 0 unspecified atom stereocenters. The van der Waals surface area contributed by atoms with Crippen molar-refractivity contribution in [3.05, 3.63) is 28.8 Å². The predicted molar refractivity (Wildman–Crippen MR) is 70.1 cm³/mol. The maximum Gasteiger partial charge on any atom is 0.124 e. The molecule has 2 rings (SSSR count). The molecule has 92 valence electrons. The zero-order valence-corrected chi connectivity index (χ0v) is 10.3. The van der Waals surface area contributed by atoms with E-state index >= 15 is 0 Å². The van der Waals surface area contributed by atoms with E-state index in [1.165, 1.54) is 0 Å². The second kappa shape index (κ2) is 5.38. The van der Waals surface area contributed by atoms with Crippen LogP contribution in [0.5, 0.6) is 0 Å². The number of nitrogen functional groups attached to an aromatic ring is 1. The van der Waals surface area contributed by atoms with Crippen molar-refractivity contribution >= 4 is 23.1 Å². The Balaban J connectivity index is 2.21. The van der Waals surface area contributed by atoms with Crippen molar-refractivity contribution < 1.29 is 4.74 Å². The van der Waals surface area contributed by atoms with Gasteiger partial charge in [0.2, 0.25) is 0 Å². The molecule has 1 aromatic rings. The second-order valence-corrected chi connectivity index (χ2v) is 4.44. The van der Waals surface area contributed by atoms with Gasteiger partial charge in [-0.2, -0.15) is 0 Å². The second-order valence-electron chi connectivity index (χ2n) is 4.03. The Bertz CT molecular complexity index is 414. The van der Waals surface area contributed by atoms with Crippen LogP contribution in [-0.2, 0) is 4.74 Å². The summed E-state index contributed by atoms with van der Waals surface area (Å²) in [5.74, 6) is 0.000694. The first kappa shape index (κ1) is 12.2. The topological polar surface area (TPSA) is 62.3 Å². The highest BCUT2D eigenvalue weighted by Crippen LogP contribution is 2.24. The van der Waals surface area contributed by atoms with E-state index in [2.05, 4.69) is 4.90 Å². The van der Waals surface area contributed by atoms with Crippen LogP contribution < -0.4 is 10.6 Å². The fraction of sp³-hybridized carbons (Fsp3) is 0.417. The number of nitrogens with two attached hydrogens (primary N) is 1. The third kappa shape index (κ3) is 2.90. The summed E-state index contributed by atoms with van der Waals surface area (Å²) < 4.78 is 5.41. The van der Waals surface area contributed by atoms with Gasteiger partial charge in [0.1, 0.15) is 5.84 Å². The van der Waals surface area contributed by atoms with Crippen LogP contribution in [0.15, 0.2) is 18.2 Å². The summed E-state index contributed by atoms with van der Waals surface area (Å²) in [5, 5.41) is 7.91. The van der Waals surface area contributed by atoms with Crippen molar-refractivity contribution in [2.45, 2.75) is 6.42 Å². The summed E-state index contributed by atoms with van der Waals surface area (Å²) in [5.41, 5.74) is 7.08. The third-order valence-electron chi connectivity index (χ3n) is 2.83. The number of benzene rings is 1. The number of hydrogen-bond acceptors (Lipinski definition) is 3. The molecule has 0 saturated carbocycles. The standard InChI is InChI=1S/C12H16ClN3O/c13-11-8-9(2-3-10(11)12(14)15)16-4-1-6-17-7-5-16/h2-3,8H,1,4-7H2,(H3,14,15). The first-order chi connectivity index (χ1) is 8.18. The smallest absolute Gasteiger partial charge is 0.124 e. The molecule has 0 atom stereocenters. The molecule has 1 aliphatic heterocycles. The maximum atomic E-state index is 7.39. The molecule has 1 aliphatic rings. The van der Waals surface area contributed by atoms with E-state index in [0.717, 1.165) is 38.4 Å². The Hall–Kier alpha value is -1.26. The number of amidine groups is 1. The first-order valence-corrected chi connectivity index (χ1v) is 6.03. The zero-order chi connectivity index (χ0) is 12.3. The number of hydrogen-bond donors (Lipinski definition) is 2. The molecule has 1 fully saturated rings. The maximum absolute atomic E-state index is 7.39. The van der Waals surface area contributed by atoms with Gasteiger partial charge in [0, 0.05) is 30.9 Å². The lowest BCUT2D eigenvalue weighted by Crippen LogP contribution is -2.26. The van der Waals surface area contributed by atoms with Crippen molar-refractivity contribution in [2.24, 2.45) is 5.73 Å². The van der Waals surface area contributed by atoms with Crippen molar-refractivity contribution in [3.8, 4) is 0 Å². The van der Waals surface area contributed by atoms with E-state index in [-0.39, 0.29) is 5.84 Å². The van der Waals surface area contributed by atoms with E-state index in [1.54, 1.807) is 6.07 Å². The van der Waals surface area contributed by atoms with Gasteiger partial charge in [-0.1, -0.05) is 11.6 Å².